The lowest BCUT2D eigenvalue weighted by Gasteiger charge is -2.01. The maximum Gasteiger partial charge on any atom is 0.273 e. The van der Waals surface area contributed by atoms with Crippen LogP contribution in [0.1, 0.15) is 26.4 Å². The molecule has 0 saturated carbocycles. The molecule has 1 heterocycles. The molecule has 0 spiro atoms. The summed E-state index contributed by atoms with van der Waals surface area (Å²) in [4.78, 5) is 23.2. The Bertz CT molecular complexity index is 722. The lowest BCUT2D eigenvalue weighted by molar-refractivity contribution is -0.385. The Labute approximate surface area is 125 Å². The predicted molar refractivity (Wildman–Crippen MR) is 81.9 cm³/mol. The Balaban J connectivity index is 2.10. The summed E-state index contributed by atoms with van der Waals surface area (Å²) in [6.45, 7) is 3.57. The van der Waals surface area contributed by atoms with Gasteiger partial charge in [-0.15, -0.1) is 11.3 Å². The van der Waals surface area contributed by atoms with E-state index in [0.29, 0.717) is 5.56 Å². The average Bonchev–Trinajstić information content (AvgIpc) is 2.84. The van der Waals surface area contributed by atoms with Crippen LogP contribution in [0.25, 0.3) is 0 Å². The lowest BCUT2D eigenvalue weighted by Crippen LogP contribution is -2.17. The van der Waals surface area contributed by atoms with Crippen molar-refractivity contribution in [3.8, 4) is 0 Å². The number of hydrazone groups is 1. The topological polar surface area (TPSA) is 84.6 Å². The summed E-state index contributed by atoms with van der Waals surface area (Å²) in [5.41, 5.74) is 4.06. The van der Waals surface area contributed by atoms with Gasteiger partial charge in [-0.3, -0.25) is 14.9 Å². The van der Waals surface area contributed by atoms with Crippen molar-refractivity contribution in [1.29, 1.82) is 0 Å². The fraction of sp³-hybridized carbons (Fsp3) is 0.143. The van der Waals surface area contributed by atoms with E-state index in [0.717, 1.165) is 10.4 Å². The van der Waals surface area contributed by atoms with E-state index in [9.17, 15) is 14.9 Å². The number of nitrogens with one attached hydrogen (secondary N) is 1. The smallest absolute Gasteiger partial charge is 0.267 e. The molecule has 0 bridgehead atoms. The summed E-state index contributed by atoms with van der Waals surface area (Å²) < 4.78 is 0. The molecular weight excluding hydrogens is 290 g/mol. The van der Waals surface area contributed by atoms with E-state index in [2.05, 4.69) is 10.5 Å². The molecule has 1 aromatic heterocycles. The van der Waals surface area contributed by atoms with Gasteiger partial charge in [-0.1, -0.05) is 6.07 Å². The number of benzene rings is 1. The highest BCUT2D eigenvalue weighted by molar-refractivity contribution is 7.11. The van der Waals surface area contributed by atoms with Gasteiger partial charge in [0, 0.05) is 22.1 Å². The molecule has 2 rings (SSSR count). The van der Waals surface area contributed by atoms with Crippen molar-refractivity contribution < 1.29 is 9.72 Å². The number of thiophene rings is 1. The maximum atomic E-state index is 11.9. The van der Waals surface area contributed by atoms with Crippen LogP contribution in [-0.4, -0.2) is 17.0 Å². The molecule has 7 heteroatoms. The van der Waals surface area contributed by atoms with E-state index >= 15 is 0 Å². The Morgan fingerprint density at radius 2 is 2.10 bits per heavy atom. The Hall–Kier alpha value is -2.54. The molecule has 0 radical (unpaired) electrons. The summed E-state index contributed by atoms with van der Waals surface area (Å²) in [6, 6.07) is 6.28. The second-order valence-corrected chi connectivity index (χ2v) is 5.37. The van der Waals surface area contributed by atoms with Crippen molar-refractivity contribution in [2.45, 2.75) is 13.8 Å². The van der Waals surface area contributed by atoms with Gasteiger partial charge in [0.15, 0.2) is 0 Å². The zero-order valence-electron chi connectivity index (χ0n) is 11.5. The van der Waals surface area contributed by atoms with Crippen molar-refractivity contribution in [2.75, 3.05) is 0 Å². The first-order chi connectivity index (χ1) is 9.99. The van der Waals surface area contributed by atoms with Crippen molar-refractivity contribution in [2.24, 2.45) is 5.10 Å². The minimum absolute atomic E-state index is 0.0827. The maximum absolute atomic E-state index is 11.9. The van der Waals surface area contributed by atoms with E-state index in [4.69, 9.17) is 0 Å². The van der Waals surface area contributed by atoms with Gasteiger partial charge in [0.1, 0.15) is 0 Å². The van der Waals surface area contributed by atoms with Gasteiger partial charge >= 0.3 is 0 Å². The lowest BCUT2D eigenvalue weighted by atomic mass is 10.1. The molecule has 0 atom stereocenters. The van der Waals surface area contributed by atoms with E-state index in [1.165, 1.54) is 23.5 Å². The van der Waals surface area contributed by atoms with E-state index in [-0.39, 0.29) is 11.3 Å². The normalized spacial score (nSPS) is 10.8. The fourth-order valence-electron chi connectivity index (χ4n) is 1.68. The van der Waals surface area contributed by atoms with Gasteiger partial charge in [0.05, 0.1) is 11.1 Å². The van der Waals surface area contributed by atoms with Crippen LogP contribution in [0.3, 0.4) is 0 Å². The first-order valence-electron chi connectivity index (χ1n) is 6.11. The third kappa shape index (κ3) is 3.51. The molecule has 1 aromatic carbocycles. The first kappa shape index (κ1) is 14.9. The molecular formula is C14H13N3O3S. The van der Waals surface area contributed by atoms with Crippen LogP contribution in [0, 0.1) is 24.0 Å². The van der Waals surface area contributed by atoms with Crippen molar-refractivity contribution >= 4 is 29.1 Å². The quantitative estimate of drug-likeness (QED) is 0.535. The molecule has 0 fully saturated rings. The minimum atomic E-state index is -0.510. The zero-order chi connectivity index (χ0) is 15.4. The fourth-order valence-corrected chi connectivity index (χ4v) is 2.46. The van der Waals surface area contributed by atoms with E-state index in [1.54, 1.807) is 19.2 Å². The second-order valence-electron chi connectivity index (χ2n) is 4.43. The molecule has 1 amide bonds. The second kappa shape index (κ2) is 6.27. The number of carbonyl (C=O) groups excluding carboxylic acids is 1. The van der Waals surface area contributed by atoms with Gasteiger partial charge < -0.3 is 0 Å². The van der Waals surface area contributed by atoms with Gasteiger partial charge in [0.25, 0.3) is 11.6 Å². The van der Waals surface area contributed by atoms with Crippen molar-refractivity contribution in [1.82, 2.24) is 5.43 Å². The van der Waals surface area contributed by atoms with Crippen LogP contribution in [-0.2, 0) is 0 Å². The summed E-state index contributed by atoms with van der Waals surface area (Å²) in [7, 11) is 0. The molecule has 2 aromatic rings. The largest absolute Gasteiger partial charge is 0.273 e. The number of hydrogen-bond donors (Lipinski definition) is 1. The number of carbonyl (C=O) groups is 1. The minimum Gasteiger partial charge on any atom is -0.267 e. The van der Waals surface area contributed by atoms with Crippen LogP contribution >= 0.6 is 11.3 Å². The number of hydrogen-bond acceptors (Lipinski definition) is 5. The highest BCUT2D eigenvalue weighted by Gasteiger charge is 2.14. The molecule has 0 saturated heterocycles. The van der Waals surface area contributed by atoms with Crippen LogP contribution in [0.4, 0.5) is 5.69 Å². The third-order valence-electron chi connectivity index (χ3n) is 2.92. The number of aryl methyl sites for hydroxylation is 2. The molecule has 6 nitrogen and oxygen atoms in total. The molecule has 21 heavy (non-hydrogen) atoms. The van der Waals surface area contributed by atoms with Crippen molar-refractivity contribution in [3.05, 3.63) is 61.3 Å². The standard InChI is InChI=1S/C14H13N3O3S/c1-9-3-4-11(7-12(9)17(19)20)14(18)16-15-8-13-10(2)5-6-21-13/h3-8H,1-2H3,(H,16,18)/b15-8+. The monoisotopic (exact) mass is 303 g/mol. The SMILES string of the molecule is Cc1ccc(C(=O)N/N=C/c2sccc2C)cc1[N+](=O)[O-]. The molecule has 108 valence electrons. The summed E-state index contributed by atoms with van der Waals surface area (Å²) in [6.07, 6.45) is 1.56. The van der Waals surface area contributed by atoms with Gasteiger partial charge in [-0.25, -0.2) is 5.43 Å². The van der Waals surface area contributed by atoms with Crippen LogP contribution in [0.5, 0.6) is 0 Å². The molecule has 0 unspecified atom stereocenters. The Kier molecular flexibility index (Phi) is 4.44. The summed E-state index contributed by atoms with van der Waals surface area (Å²) in [5, 5.41) is 16.6. The van der Waals surface area contributed by atoms with E-state index in [1.807, 2.05) is 18.4 Å². The third-order valence-corrected chi connectivity index (χ3v) is 3.87. The van der Waals surface area contributed by atoms with Gasteiger partial charge in [0.2, 0.25) is 0 Å². The predicted octanol–water partition coefficient (Wildman–Crippen LogP) is 3.04. The number of nitrogens with zero attached hydrogens (tertiary/aromatic N) is 2. The highest BCUT2D eigenvalue weighted by atomic mass is 32.1. The molecule has 0 aliphatic heterocycles. The zero-order valence-corrected chi connectivity index (χ0v) is 12.3. The van der Waals surface area contributed by atoms with Crippen LogP contribution < -0.4 is 5.43 Å². The Morgan fingerprint density at radius 3 is 2.71 bits per heavy atom. The molecule has 1 N–H and O–H groups in total. The number of nitro benzene ring substituents is 1. The first-order valence-corrected chi connectivity index (χ1v) is 6.99. The molecule has 0 aliphatic rings. The average molecular weight is 303 g/mol. The van der Waals surface area contributed by atoms with Gasteiger partial charge in [-0.05, 0) is 36.9 Å². The number of amides is 1. The van der Waals surface area contributed by atoms with Crippen molar-refractivity contribution in [3.63, 3.8) is 0 Å². The highest BCUT2D eigenvalue weighted by Crippen LogP contribution is 2.19. The van der Waals surface area contributed by atoms with E-state index < -0.39 is 10.8 Å². The summed E-state index contributed by atoms with van der Waals surface area (Å²) in [5.74, 6) is -0.483. The summed E-state index contributed by atoms with van der Waals surface area (Å²) >= 11 is 1.52. The Morgan fingerprint density at radius 1 is 1.33 bits per heavy atom. The van der Waals surface area contributed by atoms with Gasteiger partial charge in [-0.2, -0.15) is 5.10 Å². The number of nitro groups is 1. The molecule has 0 aliphatic carbocycles. The van der Waals surface area contributed by atoms with Crippen LogP contribution in [0.15, 0.2) is 34.7 Å². The number of rotatable bonds is 4. The van der Waals surface area contributed by atoms with Crippen LogP contribution in [0.2, 0.25) is 0 Å².